The fourth-order valence-electron chi connectivity index (χ4n) is 2.64. The molecule has 0 radical (unpaired) electrons. The molecule has 2 heterocycles. The first-order chi connectivity index (χ1) is 13.7. The van der Waals surface area contributed by atoms with Crippen molar-refractivity contribution in [3.63, 3.8) is 0 Å². The number of aryl methyl sites for hydroxylation is 1. The van der Waals surface area contributed by atoms with E-state index in [4.69, 9.17) is 14.1 Å². The second kappa shape index (κ2) is 10.5. The van der Waals surface area contributed by atoms with Crippen molar-refractivity contribution in [3.8, 4) is 5.75 Å². The van der Waals surface area contributed by atoms with Crippen LogP contribution in [0.15, 0.2) is 58.3 Å². The van der Waals surface area contributed by atoms with Gasteiger partial charge in [0.2, 0.25) is 0 Å². The molecule has 0 fully saturated rings. The fourth-order valence-corrected chi connectivity index (χ4v) is 3.43. The minimum absolute atomic E-state index is 0.594. The Kier molecular flexibility index (Phi) is 7.49. The van der Waals surface area contributed by atoms with Gasteiger partial charge in [-0.25, -0.2) is 9.98 Å². The number of nitrogens with zero attached hydrogens (tertiary/aromatic N) is 2. The van der Waals surface area contributed by atoms with Crippen molar-refractivity contribution < 1.29 is 9.15 Å². The zero-order chi connectivity index (χ0) is 19.6. The first-order valence-corrected chi connectivity index (χ1v) is 10.1. The highest BCUT2D eigenvalue weighted by Crippen LogP contribution is 2.12. The summed E-state index contributed by atoms with van der Waals surface area (Å²) in [6.07, 6.45) is 5.30. The van der Waals surface area contributed by atoms with E-state index in [0.29, 0.717) is 6.54 Å². The molecule has 0 saturated heterocycles. The van der Waals surface area contributed by atoms with E-state index in [1.54, 1.807) is 24.7 Å². The number of hydrogen-bond donors (Lipinski definition) is 2. The summed E-state index contributed by atoms with van der Waals surface area (Å²) < 4.78 is 10.6. The second-order valence-corrected chi connectivity index (χ2v) is 7.63. The van der Waals surface area contributed by atoms with Crippen LogP contribution in [0.5, 0.6) is 5.75 Å². The molecule has 0 atom stereocenters. The van der Waals surface area contributed by atoms with Gasteiger partial charge in [0, 0.05) is 37.0 Å². The highest BCUT2D eigenvalue weighted by atomic mass is 32.1. The van der Waals surface area contributed by atoms with E-state index in [-0.39, 0.29) is 0 Å². The summed E-state index contributed by atoms with van der Waals surface area (Å²) in [6, 6.07) is 11.8. The number of furan rings is 1. The first-order valence-electron chi connectivity index (χ1n) is 9.32. The molecule has 0 amide bonds. The second-order valence-electron chi connectivity index (χ2n) is 6.31. The van der Waals surface area contributed by atoms with Gasteiger partial charge in [-0.2, -0.15) is 0 Å². The monoisotopic (exact) mass is 398 g/mol. The smallest absolute Gasteiger partial charge is 0.191 e. The van der Waals surface area contributed by atoms with Gasteiger partial charge >= 0.3 is 0 Å². The van der Waals surface area contributed by atoms with E-state index in [0.717, 1.165) is 54.0 Å². The molecule has 3 aromatic rings. The third kappa shape index (κ3) is 6.42. The molecule has 0 bridgehead atoms. The molecule has 28 heavy (non-hydrogen) atoms. The van der Waals surface area contributed by atoms with Gasteiger partial charge in [0.15, 0.2) is 5.96 Å². The molecular formula is C21H26N4O2S. The van der Waals surface area contributed by atoms with Crippen molar-refractivity contribution in [2.24, 2.45) is 4.99 Å². The number of ether oxygens (including phenoxy) is 1. The van der Waals surface area contributed by atoms with Crippen LogP contribution in [0.2, 0.25) is 0 Å². The number of aliphatic imine (C=N–C) groups is 1. The predicted molar refractivity (Wildman–Crippen MR) is 113 cm³/mol. The predicted octanol–water partition coefficient (Wildman–Crippen LogP) is 3.57. The number of hydrogen-bond acceptors (Lipinski definition) is 5. The minimum atomic E-state index is 0.594. The van der Waals surface area contributed by atoms with Gasteiger partial charge in [-0.3, -0.25) is 0 Å². The molecule has 6 nitrogen and oxygen atoms in total. The summed E-state index contributed by atoms with van der Waals surface area (Å²) in [5.74, 6) is 2.59. The number of aromatic nitrogens is 1. The molecule has 0 unspecified atom stereocenters. The van der Waals surface area contributed by atoms with E-state index >= 15 is 0 Å². The van der Waals surface area contributed by atoms with E-state index in [1.165, 1.54) is 4.88 Å². The lowest BCUT2D eigenvalue weighted by Gasteiger charge is -2.12. The van der Waals surface area contributed by atoms with Crippen molar-refractivity contribution in [2.75, 3.05) is 20.2 Å². The van der Waals surface area contributed by atoms with Gasteiger partial charge in [-0.15, -0.1) is 11.3 Å². The Labute approximate surface area is 169 Å². The molecule has 0 saturated carbocycles. The third-order valence-electron chi connectivity index (χ3n) is 4.12. The molecule has 0 aliphatic heterocycles. The molecule has 1 aromatic carbocycles. The van der Waals surface area contributed by atoms with Crippen LogP contribution in [-0.4, -0.2) is 31.1 Å². The van der Waals surface area contributed by atoms with Crippen molar-refractivity contribution in [3.05, 3.63) is 70.1 Å². The summed E-state index contributed by atoms with van der Waals surface area (Å²) in [5, 5.41) is 7.91. The number of thiazole rings is 1. The van der Waals surface area contributed by atoms with Gasteiger partial charge in [0.25, 0.3) is 0 Å². The van der Waals surface area contributed by atoms with E-state index < -0.39 is 0 Å². The van der Waals surface area contributed by atoms with Gasteiger partial charge in [0.1, 0.15) is 11.5 Å². The highest BCUT2D eigenvalue weighted by Gasteiger charge is 2.03. The van der Waals surface area contributed by atoms with Crippen molar-refractivity contribution in [2.45, 2.75) is 26.3 Å². The maximum absolute atomic E-state index is 5.39. The largest absolute Gasteiger partial charge is 0.497 e. The Morgan fingerprint density at radius 3 is 2.57 bits per heavy atom. The van der Waals surface area contributed by atoms with E-state index in [1.807, 2.05) is 42.6 Å². The number of benzene rings is 1. The van der Waals surface area contributed by atoms with Gasteiger partial charge in [0.05, 0.1) is 24.9 Å². The SMILES string of the molecule is COc1ccc(CN=C(NCCc2ccco2)NCCc2ncc(C)s2)cc1. The average molecular weight is 399 g/mol. The Bertz CT molecular complexity index is 857. The normalized spacial score (nSPS) is 11.4. The molecule has 3 rings (SSSR count). The Balaban J connectivity index is 1.54. The molecule has 0 aliphatic carbocycles. The van der Waals surface area contributed by atoms with Crippen LogP contribution in [0.1, 0.15) is 21.2 Å². The van der Waals surface area contributed by atoms with E-state index in [2.05, 4.69) is 22.5 Å². The van der Waals surface area contributed by atoms with Crippen molar-refractivity contribution in [1.29, 1.82) is 0 Å². The lowest BCUT2D eigenvalue weighted by atomic mass is 10.2. The lowest BCUT2D eigenvalue weighted by Crippen LogP contribution is -2.39. The zero-order valence-electron chi connectivity index (χ0n) is 16.3. The molecule has 2 N–H and O–H groups in total. The highest BCUT2D eigenvalue weighted by molar-refractivity contribution is 7.11. The topological polar surface area (TPSA) is 71.7 Å². The number of guanidine groups is 1. The van der Waals surface area contributed by atoms with Crippen LogP contribution in [-0.2, 0) is 19.4 Å². The number of methoxy groups -OCH3 is 1. The minimum Gasteiger partial charge on any atom is -0.497 e. The molecule has 0 spiro atoms. The quantitative estimate of drug-likeness (QED) is 0.426. The summed E-state index contributed by atoms with van der Waals surface area (Å²) in [6.45, 7) is 4.20. The number of nitrogens with one attached hydrogen (secondary N) is 2. The Morgan fingerprint density at radius 2 is 1.93 bits per heavy atom. The zero-order valence-corrected chi connectivity index (χ0v) is 17.1. The standard InChI is InChI=1S/C21H26N4O2S/c1-16-14-24-20(28-16)10-12-23-21(22-11-9-19-4-3-13-27-19)25-15-17-5-7-18(26-2)8-6-17/h3-8,13-14H,9-12,15H2,1-2H3,(H2,22,23,25). The number of rotatable bonds is 9. The van der Waals surface area contributed by atoms with Crippen LogP contribution in [0.3, 0.4) is 0 Å². The summed E-state index contributed by atoms with van der Waals surface area (Å²) in [5.41, 5.74) is 1.13. The Hall–Kier alpha value is -2.80. The molecular weight excluding hydrogens is 372 g/mol. The maximum Gasteiger partial charge on any atom is 0.191 e. The van der Waals surface area contributed by atoms with Crippen molar-refractivity contribution in [1.82, 2.24) is 15.6 Å². The first kappa shape index (κ1) is 19.9. The van der Waals surface area contributed by atoms with Crippen LogP contribution in [0, 0.1) is 6.92 Å². The van der Waals surface area contributed by atoms with E-state index in [9.17, 15) is 0 Å². The molecule has 0 aliphatic rings. The van der Waals surface area contributed by atoms with Crippen LogP contribution >= 0.6 is 11.3 Å². The van der Waals surface area contributed by atoms with Crippen LogP contribution < -0.4 is 15.4 Å². The summed E-state index contributed by atoms with van der Waals surface area (Å²) in [7, 11) is 1.67. The third-order valence-corrected chi connectivity index (χ3v) is 5.10. The lowest BCUT2D eigenvalue weighted by molar-refractivity contribution is 0.414. The molecule has 2 aromatic heterocycles. The Morgan fingerprint density at radius 1 is 1.14 bits per heavy atom. The van der Waals surface area contributed by atoms with Crippen LogP contribution in [0.4, 0.5) is 0 Å². The average Bonchev–Trinajstić information content (AvgIpc) is 3.38. The molecule has 148 valence electrons. The summed E-state index contributed by atoms with van der Waals surface area (Å²) in [4.78, 5) is 10.4. The fraction of sp³-hybridized carbons (Fsp3) is 0.333. The maximum atomic E-state index is 5.39. The van der Waals surface area contributed by atoms with Crippen molar-refractivity contribution >= 4 is 17.3 Å². The van der Waals surface area contributed by atoms with Crippen LogP contribution in [0.25, 0.3) is 0 Å². The summed E-state index contributed by atoms with van der Waals surface area (Å²) >= 11 is 1.73. The van der Waals surface area contributed by atoms with Gasteiger partial charge in [-0.1, -0.05) is 12.1 Å². The molecule has 7 heteroatoms. The van der Waals surface area contributed by atoms with Gasteiger partial charge in [-0.05, 0) is 36.8 Å². The van der Waals surface area contributed by atoms with Gasteiger partial charge < -0.3 is 19.8 Å².